The first-order valence-corrected chi connectivity index (χ1v) is 14.3. The van der Waals surface area contributed by atoms with Gasteiger partial charge in [0.05, 0.1) is 28.6 Å². The lowest BCUT2D eigenvalue weighted by atomic mass is 9.80. The molecule has 2 N–H and O–H groups in total. The van der Waals surface area contributed by atoms with Gasteiger partial charge < -0.3 is 15.0 Å². The maximum absolute atomic E-state index is 13.4. The molecule has 0 aromatic carbocycles. The molecule has 2 aromatic heterocycles. The van der Waals surface area contributed by atoms with Gasteiger partial charge in [0.1, 0.15) is 5.82 Å². The number of carbonyl (C=O) groups is 2. The van der Waals surface area contributed by atoms with Crippen LogP contribution in [0.2, 0.25) is 0 Å². The van der Waals surface area contributed by atoms with Crippen LogP contribution in [0.3, 0.4) is 0 Å². The molecular formula is C31H46N4O3. The van der Waals surface area contributed by atoms with E-state index in [2.05, 4.69) is 64.4 Å². The Balaban J connectivity index is 1.74. The van der Waals surface area contributed by atoms with Crippen molar-refractivity contribution in [1.29, 1.82) is 0 Å². The second-order valence-electron chi connectivity index (χ2n) is 13.9. The SMILES string of the molecule is Cc1c(C(=O)NC2CC(C(=O)O)C2)cc(-c2cc(C(C)(C)C)nc(C(C)(C)C)n2)n1CC1CCC(C)CC1. The van der Waals surface area contributed by atoms with Crippen LogP contribution in [0.5, 0.6) is 0 Å². The fourth-order valence-corrected chi connectivity index (χ4v) is 5.59. The van der Waals surface area contributed by atoms with Crippen LogP contribution in [-0.4, -0.2) is 37.6 Å². The molecule has 4 rings (SSSR count). The summed E-state index contributed by atoms with van der Waals surface area (Å²) in [6, 6.07) is 3.99. The molecule has 0 radical (unpaired) electrons. The Kier molecular flexibility index (Phi) is 7.79. The number of carboxylic acids is 1. The van der Waals surface area contributed by atoms with E-state index in [1.54, 1.807) is 0 Å². The average Bonchev–Trinajstić information content (AvgIpc) is 3.11. The molecule has 7 nitrogen and oxygen atoms in total. The van der Waals surface area contributed by atoms with E-state index < -0.39 is 5.97 Å². The Hall–Kier alpha value is -2.70. The van der Waals surface area contributed by atoms with E-state index in [9.17, 15) is 14.7 Å². The quantitative estimate of drug-likeness (QED) is 0.466. The summed E-state index contributed by atoms with van der Waals surface area (Å²) < 4.78 is 2.30. The Bertz CT molecular complexity index is 1150. The van der Waals surface area contributed by atoms with Crippen molar-refractivity contribution in [2.75, 3.05) is 0 Å². The number of carbonyl (C=O) groups excluding carboxylic acids is 1. The fourth-order valence-electron chi connectivity index (χ4n) is 5.59. The van der Waals surface area contributed by atoms with Crippen LogP contribution in [0, 0.1) is 24.7 Å². The Morgan fingerprint density at radius 1 is 1.00 bits per heavy atom. The van der Waals surface area contributed by atoms with Crippen LogP contribution in [0.1, 0.15) is 115 Å². The molecule has 2 aliphatic carbocycles. The highest BCUT2D eigenvalue weighted by molar-refractivity contribution is 5.97. The van der Waals surface area contributed by atoms with Crippen LogP contribution in [0.4, 0.5) is 0 Å². The predicted octanol–water partition coefficient (Wildman–Crippen LogP) is 6.27. The van der Waals surface area contributed by atoms with E-state index in [0.717, 1.165) is 41.1 Å². The number of nitrogens with one attached hydrogen (secondary N) is 1. The molecule has 2 aliphatic rings. The normalized spacial score (nSPS) is 24.1. The third-order valence-corrected chi connectivity index (χ3v) is 8.44. The summed E-state index contributed by atoms with van der Waals surface area (Å²) in [5.74, 6) is 0.881. The highest BCUT2D eigenvalue weighted by Gasteiger charge is 2.36. The molecule has 0 aliphatic heterocycles. The van der Waals surface area contributed by atoms with Crippen LogP contribution < -0.4 is 5.32 Å². The molecule has 2 saturated carbocycles. The van der Waals surface area contributed by atoms with Gasteiger partial charge >= 0.3 is 5.97 Å². The topological polar surface area (TPSA) is 97.1 Å². The van der Waals surface area contributed by atoms with Crippen LogP contribution in [0.15, 0.2) is 12.1 Å². The number of hydrogen-bond acceptors (Lipinski definition) is 4. The van der Waals surface area contributed by atoms with Gasteiger partial charge in [0.2, 0.25) is 0 Å². The minimum atomic E-state index is -0.782. The second-order valence-corrected chi connectivity index (χ2v) is 13.9. The lowest BCUT2D eigenvalue weighted by Gasteiger charge is -2.32. The van der Waals surface area contributed by atoms with Gasteiger partial charge in [-0.15, -0.1) is 0 Å². The van der Waals surface area contributed by atoms with Gasteiger partial charge in [-0.05, 0) is 56.6 Å². The highest BCUT2D eigenvalue weighted by atomic mass is 16.4. The van der Waals surface area contributed by atoms with Crippen molar-refractivity contribution in [3.63, 3.8) is 0 Å². The zero-order chi connectivity index (χ0) is 28.0. The first-order chi connectivity index (χ1) is 17.6. The number of carboxylic acid groups (broad SMARTS) is 1. The molecule has 7 heteroatoms. The van der Waals surface area contributed by atoms with Crippen molar-refractivity contribution in [2.24, 2.45) is 17.8 Å². The Labute approximate surface area is 227 Å². The van der Waals surface area contributed by atoms with E-state index in [0.29, 0.717) is 24.3 Å². The van der Waals surface area contributed by atoms with Crippen molar-refractivity contribution in [3.8, 4) is 11.4 Å². The lowest BCUT2D eigenvalue weighted by Crippen LogP contribution is -2.46. The maximum atomic E-state index is 13.4. The standard InChI is InChI=1S/C31H46N4O3/c1-18-9-11-20(12-10-18)17-35-19(2)23(27(36)32-22-13-21(14-22)28(37)38)15-25(35)24-16-26(30(3,4)5)34-29(33-24)31(6,7)8/h15-16,18,20-22H,9-14,17H2,1-8H3,(H,32,36)(H,37,38). The molecule has 0 unspecified atom stereocenters. The van der Waals surface area contributed by atoms with Gasteiger partial charge in [-0.25, -0.2) is 9.97 Å². The third-order valence-electron chi connectivity index (χ3n) is 8.44. The van der Waals surface area contributed by atoms with Gasteiger partial charge in [-0.1, -0.05) is 61.3 Å². The number of aromatic nitrogens is 3. The monoisotopic (exact) mass is 522 g/mol. The number of amides is 1. The maximum Gasteiger partial charge on any atom is 0.306 e. The number of rotatable bonds is 6. The van der Waals surface area contributed by atoms with Crippen molar-refractivity contribution in [3.05, 3.63) is 34.9 Å². The van der Waals surface area contributed by atoms with Gasteiger partial charge in [0, 0.05) is 29.1 Å². The molecule has 2 fully saturated rings. The first-order valence-electron chi connectivity index (χ1n) is 14.3. The number of hydrogen-bond donors (Lipinski definition) is 2. The molecule has 0 saturated heterocycles. The molecule has 2 heterocycles. The van der Waals surface area contributed by atoms with Gasteiger partial charge in [-0.2, -0.15) is 0 Å². The van der Waals surface area contributed by atoms with E-state index >= 15 is 0 Å². The zero-order valence-electron chi connectivity index (χ0n) is 24.5. The largest absolute Gasteiger partial charge is 0.481 e. The summed E-state index contributed by atoms with van der Waals surface area (Å²) in [5.41, 5.74) is 4.04. The van der Waals surface area contributed by atoms with E-state index in [1.807, 2.05) is 13.0 Å². The van der Waals surface area contributed by atoms with Gasteiger partial charge in [0.15, 0.2) is 0 Å². The van der Waals surface area contributed by atoms with E-state index in [4.69, 9.17) is 9.97 Å². The smallest absolute Gasteiger partial charge is 0.306 e. The minimum Gasteiger partial charge on any atom is -0.481 e. The van der Waals surface area contributed by atoms with Crippen LogP contribution in [0.25, 0.3) is 11.4 Å². The molecule has 208 valence electrons. The molecule has 0 bridgehead atoms. The minimum absolute atomic E-state index is 0.0892. The summed E-state index contributed by atoms with van der Waals surface area (Å²) in [6.07, 6.45) is 5.87. The summed E-state index contributed by atoms with van der Waals surface area (Å²) in [7, 11) is 0. The summed E-state index contributed by atoms with van der Waals surface area (Å²) in [6.45, 7) is 18.1. The predicted molar refractivity (Wildman–Crippen MR) is 150 cm³/mol. The highest BCUT2D eigenvalue weighted by Crippen LogP contribution is 2.35. The van der Waals surface area contributed by atoms with Crippen LogP contribution in [-0.2, 0) is 22.2 Å². The van der Waals surface area contributed by atoms with E-state index in [1.165, 1.54) is 25.7 Å². The zero-order valence-corrected chi connectivity index (χ0v) is 24.5. The first kappa shape index (κ1) is 28.3. The Morgan fingerprint density at radius 2 is 1.63 bits per heavy atom. The molecule has 38 heavy (non-hydrogen) atoms. The molecular weight excluding hydrogens is 476 g/mol. The molecule has 1 amide bonds. The third kappa shape index (κ3) is 6.13. The number of nitrogens with zero attached hydrogens (tertiary/aromatic N) is 3. The Morgan fingerprint density at radius 3 is 2.18 bits per heavy atom. The molecule has 0 atom stereocenters. The summed E-state index contributed by atoms with van der Waals surface area (Å²) in [4.78, 5) is 34.7. The van der Waals surface area contributed by atoms with Gasteiger partial charge in [0.25, 0.3) is 5.91 Å². The van der Waals surface area contributed by atoms with E-state index in [-0.39, 0.29) is 28.7 Å². The molecule has 2 aromatic rings. The van der Waals surface area contributed by atoms with Crippen molar-refractivity contribution >= 4 is 11.9 Å². The average molecular weight is 523 g/mol. The number of aliphatic carboxylic acids is 1. The summed E-state index contributed by atoms with van der Waals surface area (Å²) in [5, 5.41) is 12.3. The second kappa shape index (κ2) is 10.5. The lowest BCUT2D eigenvalue weighted by molar-refractivity contribution is -0.145. The van der Waals surface area contributed by atoms with Crippen molar-refractivity contribution in [2.45, 2.75) is 117 Å². The van der Waals surface area contributed by atoms with Crippen molar-refractivity contribution < 1.29 is 14.7 Å². The van der Waals surface area contributed by atoms with Crippen LogP contribution >= 0.6 is 0 Å². The molecule has 0 spiro atoms. The van der Waals surface area contributed by atoms with Gasteiger partial charge in [-0.3, -0.25) is 9.59 Å². The summed E-state index contributed by atoms with van der Waals surface area (Å²) >= 11 is 0. The fraction of sp³-hybridized carbons (Fsp3) is 0.677. The van der Waals surface area contributed by atoms with Crippen molar-refractivity contribution in [1.82, 2.24) is 19.9 Å².